The number of aliphatic imine (C=N–C) groups is 1. The normalized spacial score (nSPS) is 17.5. The van der Waals surface area contributed by atoms with Crippen LogP contribution in [0.5, 0.6) is 0 Å². The van der Waals surface area contributed by atoms with Gasteiger partial charge >= 0.3 is 0 Å². The molecule has 2 aromatic rings. The van der Waals surface area contributed by atoms with E-state index in [1.165, 1.54) is 5.56 Å². The van der Waals surface area contributed by atoms with Crippen molar-refractivity contribution in [3.63, 3.8) is 0 Å². The van der Waals surface area contributed by atoms with Crippen LogP contribution >= 0.6 is 24.0 Å². The number of rotatable bonds is 8. The number of hydrogen-bond acceptors (Lipinski definition) is 4. The Morgan fingerprint density at radius 2 is 1.94 bits per heavy atom. The summed E-state index contributed by atoms with van der Waals surface area (Å²) < 4.78 is 2.06. The first-order valence-electron chi connectivity index (χ1n) is 11.6. The first kappa shape index (κ1) is 26.6. The maximum absolute atomic E-state index is 4.90. The van der Waals surface area contributed by atoms with Gasteiger partial charge in [0.2, 0.25) is 0 Å². The van der Waals surface area contributed by atoms with Gasteiger partial charge < -0.3 is 16.0 Å². The van der Waals surface area contributed by atoms with E-state index in [-0.39, 0.29) is 35.6 Å². The van der Waals surface area contributed by atoms with Crippen LogP contribution in [-0.2, 0) is 13.0 Å². The predicted octanol–water partition coefficient (Wildman–Crippen LogP) is 4.02. The van der Waals surface area contributed by atoms with Gasteiger partial charge in [-0.15, -0.1) is 24.0 Å². The molecule has 3 rings (SSSR count). The molecule has 0 saturated carbocycles. The number of aryl methyl sites for hydroxylation is 1. The van der Waals surface area contributed by atoms with Crippen LogP contribution in [0.1, 0.15) is 77.1 Å². The number of nitrogens with one attached hydrogen (secondary N) is 3. The largest absolute Gasteiger partial charge is 0.357 e. The maximum atomic E-state index is 4.90. The third kappa shape index (κ3) is 7.43. The second-order valence-electron chi connectivity index (χ2n) is 9.46. The van der Waals surface area contributed by atoms with Crippen LogP contribution in [0.15, 0.2) is 35.3 Å². The van der Waals surface area contributed by atoms with E-state index in [0.29, 0.717) is 18.5 Å². The second-order valence-corrected chi connectivity index (χ2v) is 9.46. The van der Waals surface area contributed by atoms with Crippen LogP contribution in [0, 0.1) is 0 Å². The molecule has 178 valence electrons. The standard InChI is InChI=1S/C24H39N7.HI/c1-7-25-23(26-16-24(5,6)29-18(4)19-11-9-8-10-12-19)27-20-13-14-21-28-22(17(2)3)30-31(21)15-20;/h8-12,17-18,20,29H,7,13-16H2,1-6H3,(H2,25,26,27);1H. The van der Waals surface area contributed by atoms with E-state index in [0.717, 1.165) is 43.5 Å². The predicted molar refractivity (Wildman–Crippen MR) is 143 cm³/mol. The number of fused-ring (bicyclic) bond motifs is 1. The molecule has 8 heteroatoms. The van der Waals surface area contributed by atoms with Gasteiger partial charge in [0, 0.05) is 36.5 Å². The number of guanidine groups is 1. The van der Waals surface area contributed by atoms with Gasteiger partial charge in [0.25, 0.3) is 0 Å². The van der Waals surface area contributed by atoms with Crippen LogP contribution in [0.2, 0.25) is 0 Å². The van der Waals surface area contributed by atoms with Gasteiger partial charge in [-0.05, 0) is 39.7 Å². The van der Waals surface area contributed by atoms with Crippen molar-refractivity contribution < 1.29 is 0 Å². The summed E-state index contributed by atoms with van der Waals surface area (Å²) in [6.07, 6.45) is 1.98. The lowest BCUT2D eigenvalue weighted by atomic mass is 10.0. The molecule has 0 spiro atoms. The Morgan fingerprint density at radius 3 is 2.59 bits per heavy atom. The van der Waals surface area contributed by atoms with Gasteiger partial charge in [-0.25, -0.2) is 9.67 Å². The van der Waals surface area contributed by atoms with Crippen molar-refractivity contribution in [2.24, 2.45) is 4.99 Å². The highest BCUT2D eigenvalue weighted by atomic mass is 127. The van der Waals surface area contributed by atoms with Crippen molar-refractivity contribution in [2.75, 3.05) is 13.1 Å². The minimum atomic E-state index is -0.130. The molecule has 1 aromatic carbocycles. The lowest BCUT2D eigenvalue weighted by molar-refractivity contribution is 0.355. The van der Waals surface area contributed by atoms with Gasteiger partial charge in [-0.3, -0.25) is 4.99 Å². The average Bonchev–Trinajstić information content (AvgIpc) is 3.16. The quantitative estimate of drug-likeness (QED) is 0.262. The highest BCUT2D eigenvalue weighted by Gasteiger charge is 2.24. The number of halogens is 1. The summed E-state index contributed by atoms with van der Waals surface area (Å²) in [5, 5.41) is 15.4. The number of aromatic nitrogens is 3. The molecule has 7 nitrogen and oxygen atoms in total. The Morgan fingerprint density at radius 1 is 1.22 bits per heavy atom. The van der Waals surface area contributed by atoms with Gasteiger partial charge in [-0.1, -0.05) is 44.2 Å². The highest BCUT2D eigenvalue weighted by molar-refractivity contribution is 14.0. The van der Waals surface area contributed by atoms with Gasteiger partial charge in [0.15, 0.2) is 11.8 Å². The summed E-state index contributed by atoms with van der Waals surface area (Å²) in [6.45, 7) is 15.3. The van der Waals surface area contributed by atoms with E-state index in [2.05, 4.69) is 92.5 Å². The highest BCUT2D eigenvalue weighted by Crippen LogP contribution is 2.18. The molecular weight excluding hydrogens is 513 g/mol. The fourth-order valence-corrected chi connectivity index (χ4v) is 3.94. The van der Waals surface area contributed by atoms with Crippen LogP contribution in [-0.4, -0.2) is 45.4 Å². The zero-order valence-corrected chi connectivity index (χ0v) is 22.7. The molecule has 0 bridgehead atoms. The van der Waals surface area contributed by atoms with E-state index in [4.69, 9.17) is 15.1 Å². The number of nitrogens with zero attached hydrogens (tertiary/aromatic N) is 4. The Labute approximate surface area is 210 Å². The first-order chi connectivity index (χ1) is 14.8. The van der Waals surface area contributed by atoms with E-state index < -0.39 is 0 Å². The van der Waals surface area contributed by atoms with Crippen LogP contribution in [0.25, 0.3) is 0 Å². The van der Waals surface area contributed by atoms with Crippen molar-refractivity contribution in [3.05, 3.63) is 47.5 Å². The molecule has 0 radical (unpaired) electrons. The molecule has 1 aliphatic rings. The van der Waals surface area contributed by atoms with Crippen LogP contribution in [0.4, 0.5) is 0 Å². The van der Waals surface area contributed by atoms with Crippen molar-refractivity contribution in [1.82, 2.24) is 30.7 Å². The minimum absolute atomic E-state index is 0. The Hall–Kier alpha value is -1.68. The zero-order chi connectivity index (χ0) is 22.4. The fourth-order valence-electron chi connectivity index (χ4n) is 3.94. The Kier molecular flexibility index (Phi) is 9.94. The average molecular weight is 554 g/mol. The van der Waals surface area contributed by atoms with E-state index in [1.807, 2.05) is 0 Å². The smallest absolute Gasteiger partial charge is 0.191 e. The molecule has 0 fully saturated rings. The van der Waals surface area contributed by atoms with Gasteiger partial charge in [0.1, 0.15) is 5.82 Å². The topological polar surface area (TPSA) is 79.2 Å². The minimum Gasteiger partial charge on any atom is -0.357 e. The molecule has 0 saturated heterocycles. The Balaban J connectivity index is 0.00000363. The zero-order valence-electron chi connectivity index (χ0n) is 20.4. The molecule has 1 aromatic heterocycles. The molecular formula is C24H40IN7. The van der Waals surface area contributed by atoms with E-state index in [1.54, 1.807) is 0 Å². The molecule has 32 heavy (non-hydrogen) atoms. The van der Waals surface area contributed by atoms with Crippen molar-refractivity contribution in [2.45, 2.75) is 84.5 Å². The van der Waals surface area contributed by atoms with Crippen LogP contribution in [0.3, 0.4) is 0 Å². The van der Waals surface area contributed by atoms with Gasteiger partial charge in [-0.2, -0.15) is 5.10 Å². The monoisotopic (exact) mass is 553 g/mol. The molecule has 3 N–H and O–H groups in total. The molecule has 0 amide bonds. The molecule has 1 aliphatic heterocycles. The lowest BCUT2D eigenvalue weighted by Gasteiger charge is -2.30. The fraction of sp³-hybridized carbons (Fsp3) is 0.625. The van der Waals surface area contributed by atoms with Crippen molar-refractivity contribution in [1.29, 1.82) is 0 Å². The number of benzene rings is 1. The third-order valence-corrected chi connectivity index (χ3v) is 5.62. The molecule has 0 aliphatic carbocycles. The SMILES string of the molecule is CCNC(=NCC(C)(C)NC(C)c1ccccc1)NC1CCc2nc(C(C)C)nn2C1.I. The van der Waals surface area contributed by atoms with E-state index in [9.17, 15) is 0 Å². The lowest BCUT2D eigenvalue weighted by Crippen LogP contribution is -2.49. The first-order valence-corrected chi connectivity index (χ1v) is 11.6. The molecule has 2 heterocycles. The van der Waals surface area contributed by atoms with Gasteiger partial charge in [0.05, 0.1) is 13.1 Å². The van der Waals surface area contributed by atoms with E-state index >= 15 is 0 Å². The summed E-state index contributed by atoms with van der Waals surface area (Å²) in [6, 6.07) is 11.1. The third-order valence-electron chi connectivity index (χ3n) is 5.62. The summed E-state index contributed by atoms with van der Waals surface area (Å²) in [4.78, 5) is 9.59. The molecule has 2 unspecified atom stereocenters. The summed E-state index contributed by atoms with van der Waals surface area (Å²) in [5.41, 5.74) is 1.16. The molecule has 2 atom stereocenters. The summed E-state index contributed by atoms with van der Waals surface area (Å²) >= 11 is 0. The van der Waals surface area contributed by atoms with Crippen LogP contribution < -0.4 is 16.0 Å². The summed E-state index contributed by atoms with van der Waals surface area (Å²) in [7, 11) is 0. The second kappa shape index (κ2) is 12.0. The maximum Gasteiger partial charge on any atom is 0.191 e. The Bertz CT molecular complexity index is 860. The summed E-state index contributed by atoms with van der Waals surface area (Å²) in [5.74, 6) is 3.26. The number of hydrogen-bond donors (Lipinski definition) is 3. The van der Waals surface area contributed by atoms with Crippen molar-refractivity contribution >= 4 is 29.9 Å². The van der Waals surface area contributed by atoms with Crippen molar-refractivity contribution in [3.8, 4) is 0 Å².